The number of imide groups is 1. The molecule has 7 heteroatoms. The van der Waals surface area contributed by atoms with E-state index in [2.05, 4.69) is 0 Å². The summed E-state index contributed by atoms with van der Waals surface area (Å²) in [4.78, 5) is 33.5. The predicted octanol–water partition coefficient (Wildman–Crippen LogP) is 4.23. The maximum absolute atomic E-state index is 12.9. The summed E-state index contributed by atoms with van der Waals surface area (Å²) in [5.41, 5.74) is 3.88. The molecular formula is C26H23N3O4. The van der Waals surface area contributed by atoms with Crippen LogP contribution < -0.4 is 9.64 Å². The number of hydrogen-bond acceptors (Lipinski definition) is 6. The van der Waals surface area contributed by atoms with E-state index in [-0.39, 0.29) is 18.4 Å². The molecule has 0 saturated carbocycles. The second kappa shape index (κ2) is 8.18. The van der Waals surface area contributed by atoms with Gasteiger partial charge in [-0.2, -0.15) is 0 Å². The van der Waals surface area contributed by atoms with E-state index in [0.29, 0.717) is 40.4 Å². The zero-order valence-corrected chi connectivity index (χ0v) is 18.4. The highest BCUT2D eigenvalue weighted by Gasteiger charge is 2.36. The van der Waals surface area contributed by atoms with Crippen LogP contribution in [0.2, 0.25) is 0 Å². The summed E-state index contributed by atoms with van der Waals surface area (Å²) in [7, 11) is 1.59. The van der Waals surface area contributed by atoms with Crippen molar-refractivity contribution in [1.29, 1.82) is 0 Å². The third-order valence-electron chi connectivity index (χ3n) is 6.02. The van der Waals surface area contributed by atoms with Gasteiger partial charge in [-0.1, -0.05) is 29.8 Å². The van der Waals surface area contributed by atoms with E-state index < -0.39 is 6.23 Å². The van der Waals surface area contributed by atoms with Gasteiger partial charge in [-0.3, -0.25) is 19.4 Å². The van der Waals surface area contributed by atoms with Gasteiger partial charge in [0.25, 0.3) is 11.8 Å². The Morgan fingerprint density at radius 2 is 1.70 bits per heavy atom. The molecule has 2 aliphatic rings. The van der Waals surface area contributed by atoms with Gasteiger partial charge >= 0.3 is 0 Å². The molecule has 0 aliphatic carbocycles. The maximum atomic E-state index is 12.9. The number of rotatable bonds is 5. The summed E-state index contributed by atoms with van der Waals surface area (Å²) in [6, 6.07) is 20.0. The van der Waals surface area contributed by atoms with Crippen LogP contribution in [0.3, 0.4) is 0 Å². The number of para-hydroxylation sites is 1. The van der Waals surface area contributed by atoms with Gasteiger partial charge in [0, 0.05) is 24.2 Å². The zero-order chi connectivity index (χ0) is 23.1. The molecule has 3 aromatic rings. The van der Waals surface area contributed by atoms with Crippen molar-refractivity contribution in [1.82, 2.24) is 4.90 Å². The summed E-state index contributed by atoms with van der Waals surface area (Å²) >= 11 is 0. The molecule has 2 amide bonds. The van der Waals surface area contributed by atoms with Crippen LogP contribution in [0.15, 0.2) is 71.7 Å². The van der Waals surface area contributed by atoms with Crippen molar-refractivity contribution in [2.75, 3.05) is 18.6 Å². The van der Waals surface area contributed by atoms with Crippen molar-refractivity contribution in [2.45, 2.75) is 19.6 Å². The Bertz CT molecular complexity index is 1280. The Labute approximate surface area is 191 Å². The molecule has 0 spiro atoms. The third kappa shape index (κ3) is 3.56. The van der Waals surface area contributed by atoms with Crippen molar-refractivity contribution in [3.05, 3.63) is 89.0 Å². The Kier molecular flexibility index (Phi) is 5.18. The van der Waals surface area contributed by atoms with Crippen LogP contribution in [-0.2, 0) is 0 Å². The van der Waals surface area contributed by atoms with E-state index in [1.165, 1.54) is 4.90 Å². The maximum Gasteiger partial charge on any atom is 0.261 e. The number of benzene rings is 3. The van der Waals surface area contributed by atoms with E-state index >= 15 is 0 Å². The molecule has 0 radical (unpaired) electrons. The summed E-state index contributed by atoms with van der Waals surface area (Å²) in [5, 5.41) is 11.2. The lowest BCUT2D eigenvalue weighted by Crippen LogP contribution is -2.40. The van der Waals surface area contributed by atoms with Gasteiger partial charge in [0.1, 0.15) is 11.6 Å². The molecule has 33 heavy (non-hydrogen) atoms. The number of anilines is 1. The van der Waals surface area contributed by atoms with Crippen molar-refractivity contribution in [3.8, 4) is 5.75 Å². The smallest absolute Gasteiger partial charge is 0.261 e. The van der Waals surface area contributed by atoms with Crippen LogP contribution in [-0.4, -0.2) is 41.3 Å². The lowest BCUT2D eigenvalue weighted by atomic mass is 10.1. The monoisotopic (exact) mass is 441 g/mol. The number of methoxy groups -OCH3 is 1. The van der Waals surface area contributed by atoms with Crippen LogP contribution in [0.4, 0.5) is 11.4 Å². The molecule has 2 aliphatic heterocycles. The quantitative estimate of drug-likeness (QED) is 0.599. The van der Waals surface area contributed by atoms with Gasteiger partial charge in [-0.25, -0.2) is 4.99 Å². The second-order valence-corrected chi connectivity index (χ2v) is 8.09. The zero-order valence-electron chi connectivity index (χ0n) is 18.4. The number of hydrogen-bond donors (Lipinski definition) is 1. The first kappa shape index (κ1) is 20.9. The minimum Gasteiger partial charge on any atom is -0.497 e. The fourth-order valence-corrected chi connectivity index (χ4v) is 4.31. The molecule has 0 bridgehead atoms. The number of aliphatic hydroxyl groups is 1. The molecule has 0 saturated heterocycles. The standard InChI is InChI=1S/C26H23N3O4/c1-16-7-12-19-21(15-16)25(31)28(24(19)30)14-13-23-27-22-6-4-3-5-20(22)26(32)29(23)17-8-10-18(33-2)11-9-17/h3-12,15,26,32H,13-14H2,1-2H3. The summed E-state index contributed by atoms with van der Waals surface area (Å²) in [5.74, 6) is 0.667. The molecular weight excluding hydrogens is 418 g/mol. The largest absolute Gasteiger partial charge is 0.497 e. The summed E-state index contributed by atoms with van der Waals surface area (Å²) in [6.45, 7) is 2.05. The molecule has 1 N–H and O–H groups in total. The molecule has 7 nitrogen and oxygen atoms in total. The van der Waals surface area contributed by atoms with Crippen molar-refractivity contribution in [3.63, 3.8) is 0 Å². The molecule has 166 valence electrons. The van der Waals surface area contributed by atoms with Crippen LogP contribution >= 0.6 is 0 Å². The minimum absolute atomic E-state index is 0.159. The molecule has 2 heterocycles. The lowest BCUT2D eigenvalue weighted by Gasteiger charge is -2.35. The average molecular weight is 441 g/mol. The van der Waals surface area contributed by atoms with Crippen LogP contribution in [0.5, 0.6) is 5.75 Å². The van der Waals surface area contributed by atoms with E-state index in [0.717, 1.165) is 11.3 Å². The topological polar surface area (TPSA) is 82.4 Å². The highest BCUT2D eigenvalue weighted by atomic mass is 16.5. The molecule has 5 rings (SSSR count). The Balaban J connectivity index is 1.46. The molecule has 0 fully saturated rings. The number of carbonyl (C=O) groups excluding carboxylic acids is 2. The van der Waals surface area contributed by atoms with Gasteiger partial charge < -0.3 is 9.84 Å². The number of aryl methyl sites for hydroxylation is 1. The van der Waals surface area contributed by atoms with Crippen molar-refractivity contribution >= 4 is 29.0 Å². The van der Waals surface area contributed by atoms with Gasteiger partial charge in [-0.05, 0) is 49.4 Å². The van der Waals surface area contributed by atoms with Crippen LogP contribution in [0.1, 0.15) is 44.5 Å². The number of amides is 2. The van der Waals surface area contributed by atoms with Crippen molar-refractivity contribution < 1.29 is 19.4 Å². The fraction of sp³-hybridized carbons (Fsp3) is 0.192. The lowest BCUT2D eigenvalue weighted by molar-refractivity contribution is 0.0658. The number of carbonyl (C=O) groups is 2. The first-order chi connectivity index (χ1) is 16.0. The first-order valence-corrected chi connectivity index (χ1v) is 10.7. The van der Waals surface area contributed by atoms with E-state index in [9.17, 15) is 14.7 Å². The number of fused-ring (bicyclic) bond motifs is 2. The first-order valence-electron chi connectivity index (χ1n) is 10.7. The average Bonchev–Trinajstić information content (AvgIpc) is 3.06. The predicted molar refractivity (Wildman–Crippen MR) is 125 cm³/mol. The van der Waals surface area contributed by atoms with Crippen molar-refractivity contribution in [2.24, 2.45) is 4.99 Å². The number of amidine groups is 1. The number of nitrogens with zero attached hydrogens (tertiary/aromatic N) is 3. The normalized spacial score (nSPS) is 17.1. The van der Waals surface area contributed by atoms with Crippen LogP contribution in [0, 0.1) is 6.92 Å². The van der Waals surface area contributed by atoms with E-state index in [4.69, 9.17) is 9.73 Å². The highest BCUT2D eigenvalue weighted by molar-refractivity contribution is 6.21. The molecule has 3 aromatic carbocycles. The van der Waals surface area contributed by atoms with Gasteiger partial charge in [0.15, 0.2) is 6.23 Å². The number of aliphatic hydroxyl groups excluding tert-OH is 1. The summed E-state index contributed by atoms with van der Waals surface area (Å²) < 4.78 is 5.25. The van der Waals surface area contributed by atoms with Gasteiger partial charge in [0.2, 0.25) is 0 Å². The molecule has 1 atom stereocenters. The fourth-order valence-electron chi connectivity index (χ4n) is 4.31. The SMILES string of the molecule is COc1ccc(N2C(CCN3C(=O)c4ccc(C)cc4C3=O)=Nc3ccccc3C2O)cc1. The Morgan fingerprint density at radius 3 is 2.45 bits per heavy atom. The third-order valence-corrected chi connectivity index (χ3v) is 6.02. The molecule has 1 unspecified atom stereocenters. The Hall–Kier alpha value is -3.97. The van der Waals surface area contributed by atoms with Crippen LogP contribution in [0.25, 0.3) is 0 Å². The Morgan fingerprint density at radius 1 is 0.970 bits per heavy atom. The van der Waals surface area contributed by atoms with Gasteiger partial charge in [0.05, 0.1) is 23.9 Å². The van der Waals surface area contributed by atoms with Gasteiger partial charge in [-0.15, -0.1) is 0 Å². The number of aliphatic imine (C=N–C) groups is 1. The van der Waals surface area contributed by atoms with E-state index in [1.807, 2.05) is 61.5 Å². The summed E-state index contributed by atoms with van der Waals surface area (Å²) in [6.07, 6.45) is -0.658. The second-order valence-electron chi connectivity index (χ2n) is 8.09. The number of ether oxygens (including phenoxy) is 1. The molecule has 0 aromatic heterocycles. The minimum atomic E-state index is -0.952. The van der Waals surface area contributed by atoms with E-state index in [1.54, 1.807) is 24.1 Å². The highest BCUT2D eigenvalue weighted by Crippen LogP contribution is 2.37.